The summed E-state index contributed by atoms with van der Waals surface area (Å²) in [6.45, 7) is 2.10. The SMILES string of the molecule is COCCNc1nnc(SCc2nc3cc(Cl)ccc3n2Cc2ccccc2)s1. The molecular formula is C20H20ClN5OS2. The van der Waals surface area contributed by atoms with Crippen molar-refractivity contribution >= 4 is 50.9 Å². The molecule has 2 aromatic carbocycles. The van der Waals surface area contributed by atoms with Crippen LogP contribution in [0.15, 0.2) is 52.9 Å². The van der Waals surface area contributed by atoms with Gasteiger partial charge in [-0.2, -0.15) is 0 Å². The molecule has 2 aromatic heterocycles. The second-order valence-corrected chi connectivity index (χ2v) is 8.95. The van der Waals surface area contributed by atoms with Gasteiger partial charge in [0.05, 0.1) is 23.4 Å². The fraction of sp³-hybridized carbons (Fsp3) is 0.250. The molecule has 6 nitrogen and oxygen atoms in total. The molecule has 0 aliphatic rings. The van der Waals surface area contributed by atoms with Crippen molar-refractivity contribution in [3.8, 4) is 0 Å². The van der Waals surface area contributed by atoms with Crippen LogP contribution in [0, 0.1) is 0 Å². The standard InChI is InChI=1S/C20H20ClN5OS2/c1-27-10-9-22-19-24-25-20(29-19)28-13-18-23-16-11-15(21)7-8-17(16)26(18)12-14-5-3-2-4-6-14/h2-8,11H,9-10,12-13H2,1H3,(H,22,24). The van der Waals surface area contributed by atoms with E-state index in [-0.39, 0.29) is 0 Å². The van der Waals surface area contributed by atoms with E-state index in [1.807, 2.05) is 24.3 Å². The molecule has 0 fully saturated rings. The summed E-state index contributed by atoms with van der Waals surface area (Å²) in [5.41, 5.74) is 3.21. The van der Waals surface area contributed by atoms with Crippen LogP contribution in [-0.2, 0) is 17.0 Å². The number of ether oxygens (including phenoxy) is 1. The maximum Gasteiger partial charge on any atom is 0.206 e. The Balaban J connectivity index is 1.54. The Hall–Kier alpha value is -2.13. The van der Waals surface area contributed by atoms with Crippen molar-refractivity contribution < 1.29 is 4.74 Å². The van der Waals surface area contributed by atoms with Gasteiger partial charge in [0, 0.05) is 25.2 Å². The zero-order valence-electron chi connectivity index (χ0n) is 15.8. The first-order valence-electron chi connectivity index (χ1n) is 9.10. The molecule has 4 rings (SSSR count). The first-order valence-corrected chi connectivity index (χ1v) is 11.3. The lowest BCUT2D eigenvalue weighted by molar-refractivity contribution is 0.211. The van der Waals surface area contributed by atoms with Crippen molar-refractivity contribution in [1.82, 2.24) is 19.7 Å². The molecule has 29 heavy (non-hydrogen) atoms. The number of benzene rings is 2. The first kappa shape index (κ1) is 20.2. The zero-order chi connectivity index (χ0) is 20.1. The Labute approximate surface area is 182 Å². The van der Waals surface area contributed by atoms with Gasteiger partial charge in [-0.1, -0.05) is 65.0 Å². The average Bonchev–Trinajstić information content (AvgIpc) is 3.32. The topological polar surface area (TPSA) is 64.9 Å². The van der Waals surface area contributed by atoms with Gasteiger partial charge in [-0.05, 0) is 23.8 Å². The predicted octanol–water partition coefficient (Wildman–Crippen LogP) is 4.94. The van der Waals surface area contributed by atoms with E-state index >= 15 is 0 Å². The first-order chi connectivity index (χ1) is 14.2. The number of nitrogens with one attached hydrogen (secondary N) is 1. The second kappa shape index (κ2) is 9.58. The van der Waals surface area contributed by atoms with E-state index in [0.717, 1.165) is 32.9 Å². The van der Waals surface area contributed by atoms with Gasteiger partial charge in [-0.3, -0.25) is 0 Å². The fourth-order valence-corrected chi connectivity index (χ4v) is 4.82. The number of rotatable bonds is 9. The summed E-state index contributed by atoms with van der Waals surface area (Å²) in [4.78, 5) is 4.83. The Morgan fingerprint density at radius 1 is 1.17 bits per heavy atom. The number of halogens is 1. The second-order valence-electron chi connectivity index (χ2n) is 6.31. The highest BCUT2D eigenvalue weighted by molar-refractivity contribution is 8.00. The number of fused-ring (bicyclic) bond motifs is 1. The molecule has 1 N–H and O–H groups in total. The summed E-state index contributed by atoms with van der Waals surface area (Å²) in [5.74, 6) is 1.69. The zero-order valence-corrected chi connectivity index (χ0v) is 18.2. The summed E-state index contributed by atoms with van der Waals surface area (Å²) < 4.78 is 8.19. The lowest BCUT2D eigenvalue weighted by atomic mass is 10.2. The van der Waals surface area contributed by atoms with Crippen LogP contribution in [0.5, 0.6) is 0 Å². The quantitative estimate of drug-likeness (QED) is 0.291. The minimum Gasteiger partial charge on any atom is -0.383 e. The van der Waals surface area contributed by atoms with Gasteiger partial charge in [-0.15, -0.1) is 10.2 Å². The Morgan fingerprint density at radius 3 is 2.86 bits per heavy atom. The molecule has 0 unspecified atom stereocenters. The smallest absolute Gasteiger partial charge is 0.206 e. The van der Waals surface area contributed by atoms with E-state index in [9.17, 15) is 0 Å². The molecule has 0 aliphatic heterocycles. The number of aromatic nitrogens is 4. The highest BCUT2D eigenvalue weighted by Gasteiger charge is 2.14. The highest BCUT2D eigenvalue weighted by atomic mass is 35.5. The molecule has 2 heterocycles. The van der Waals surface area contributed by atoms with Gasteiger partial charge in [0.15, 0.2) is 4.34 Å². The molecular weight excluding hydrogens is 426 g/mol. The third-order valence-electron chi connectivity index (χ3n) is 4.29. The van der Waals surface area contributed by atoms with E-state index < -0.39 is 0 Å². The summed E-state index contributed by atoms with van der Waals surface area (Å²) in [7, 11) is 1.68. The van der Waals surface area contributed by atoms with Crippen LogP contribution < -0.4 is 5.32 Å². The molecule has 0 spiro atoms. The largest absolute Gasteiger partial charge is 0.383 e. The van der Waals surface area contributed by atoms with Gasteiger partial charge in [0.2, 0.25) is 5.13 Å². The summed E-state index contributed by atoms with van der Waals surface area (Å²) >= 11 is 9.35. The number of imidazole rings is 1. The van der Waals surface area contributed by atoms with Crippen LogP contribution >= 0.6 is 34.7 Å². The van der Waals surface area contributed by atoms with E-state index in [2.05, 4.69) is 44.3 Å². The third-order valence-corrected chi connectivity index (χ3v) is 6.53. The van der Waals surface area contributed by atoms with Gasteiger partial charge in [-0.25, -0.2) is 4.98 Å². The van der Waals surface area contributed by atoms with Crippen LogP contribution in [0.2, 0.25) is 5.02 Å². The number of thioether (sulfide) groups is 1. The van der Waals surface area contributed by atoms with Crippen molar-refractivity contribution in [1.29, 1.82) is 0 Å². The third kappa shape index (κ3) is 5.08. The van der Waals surface area contributed by atoms with Crippen LogP contribution in [-0.4, -0.2) is 40.0 Å². The molecule has 0 radical (unpaired) electrons. The minimum atomic E-state index is 0.633. The maximum absolute atomic E-state index is 6.18. The molecule has 9 heteroatoms. The van der Waals surface area contributed by atoms with E-state index in [4.69, 9.17) is 21.3 Å². The Kier molecular flexibility index (Phi) is 6.66. The molecule has 0 aliphatic carbocycles. The van der Waals surface area contributed by atoms with Crippen LogP contribution in [0.3, 0.4) is 0 Å². The minimum absolute atomic E-state index is 0.633. The lowest BCUT2D eigenvalue weighted by Crippen LogP contribution is -2.06. The monoisotopic (exact) mass is 445 g/mol. The number of hydrogen-bond acceptors (Lipinski definition) is 7. The van der Waals surface area contributed by atoms with E-state index in [1.54, 1.807) is 18.9 Å². The Morgan fingerprint density at radius 2 is 2.03 bits per heavy atom. The summed E-state index contributed by atoms with van der Waals surface area (Å²) in [6, 6.07) is 16.2. The van der Waals surface area contributed by atoms with Crippen molar-refractivity contribution in [2.45, 2.75) is 16.6 Å². The number of nitrogens with zero attached hydrogens (tertiary/aromatic N) is 4. The van der Waals surface area contributed by atoms with E-state index in [0.29, 0.717) is 23.9 Å². The van der Waals surface area contributed by atoms with Crippen molar-refractivity contribution in [3.63, 3.8) is 0 Å². The Bertz CT molecular complexity index is 1080. The maximum atomic E-state index is 6.18. The van der Waals surface area contributed by atoms with Gasteiger partial charge in [0.1, 0.15) is 5.82 Å². The van der Waals surface area contributed by atoms with E-state index in [1.165, 1.54) is 16.9 Å². The fourth-order valence-electron chi connectivity index (χ4n) is 2.93. The number of anilines is 1. The van der Waals surface area contributed by atoms with Crippen LogP contribution in [0.4, 0.5) is 5.13 Å². The van der Waals surface area contributed by atoms with Gasteiger partial charge in [0.25, 0.3) is 0 Å². The molecule has 0 saturated heterocycles. The molecule has 0 bridgehead atoms. The van der Waals surface area contributed by atoms with Crippen molar-refractivity contribution in [2.75, 3.05) is 25.6 Å². The average molecular weight is 446 g/mol. The highest BCUT2D eigenvalue weighted by Crippen LogP contribution is 2.30. The summed E-state index contributed by atoms with van der Waals surface area (Å²) in [6.07, 6.45) is 0. The molecule has 4 aromatic rings. The van der Waals surface area contributed by atoms with Crippen LogP contribution in [0.1, 0.15) is 11.4 Å². The molecule has 0 amide bonds. The number of hydrogen-bond donors (Lipinski definition) is 1. The molecule has 0 atom stereocenters. The summed E-state index contributed by atoms with van der Waals surface area (Å²) in [5, 5.41) is 13.1. The predicted molar refractivity (Wildman–Crippen MR) is 120 cm³/mol. The van der Waals surface area contributed by atoms with Gasteiger partial charge >= 0.3 is 0 Å². The van der Waals surface area contributed by atoms with Crippen LogP contribution in [0.25, 0.3) is 11.0 Å². The molecule has 150 valence electrons. The van der Waals surface area contributed by atoms with Crippen molar-refractivity contribution in [3.05, 3.63) is 64.9 Å². The van der Waals surface area contributed by atoms with Gasteiger partial charge < -0.3 is 14.6 Å². The normalized spacial score (nSPS) is 11.2. The number of methoxy groups -OCH3 is 1. The molecule has 0 saturated carbocycles. The lowest BCUT2D eigenvalue weighted by Gasteiger charge is -2.09. The van der Waals surface area contributed by atoms with Crippen molar-refractivity contribution in [2.24, 2.45) is 0 Å².